The Kier molecular flexibility index (Phi) is 4.32. The Morgan fingerprint density at radius 1 is 1.08 bits per heavy atom. The summed E-state index contributed by atoms with van der Waals surface area (Å²) in [6.07, 6.45) is -5.54. The van der Waals surface area contributed by atoms with Gasteiger partial charge in [0.15, 0.2) is 6.10 Å². The number of carbonyl (C=O) groups is 2. The Morgan fingerprint density at radius 3 is 1.85 bits per heavy atom. The highest BCUT2D eigenvalue weighted by Crippen LogP contribution is 2.02. The Morgan fingerprint density at radius 2 is 1.54 bits per heavy atom. The van der Waals surface area contributed by atoms with E-state index < -0.39 is 36.5 Å². The van der Waals surface area contributed by atoms with Gasteiger partial charge in [0.25, 0.3) is 0 Å². The van der Waals surface area contributed by atoms with E-state index in [9.17, 15) is 9.59 Å². The quantitative estimate of drug-likeness (QED) is 0.305. The second kappa shape index (κ2) is 4.75. The maximum atomic E-state index is 10.3. The van der Waals surface area contributed by atoms with Crippen LogP contribution in [0, 0.1) is 0 Å². The van der Waals surface area contributed by atoms with Gasteiger partial charge >= 0.3 is 0 Å². The Labute approximate surface area is 73.9 Å². The van der Waals surface area contributed by atoms with Crippen molar-refractivity contribution in [2.75, 3.05) is 0 Å². The zero-order valence-electron chi connectivity index (χ0n) is 6.75. The van der Waals surface area contributed by atoms with E-state index in [0.29, 0.717) is 0 Å². The summed E-state index contributed by atoms with van der Waals surface area (Å²) in [5, 5.41) is 26.7. The molecule has 0 aromatic carbocycles. The minimum Gasteiger partial charge on any atom is -0.390 e. The summed E-state index contributed by atoms with van der Waals surface area (Å²) in [5.41, 5.74) is 9.30. The van der Waals surface area contributed by atoms with Crippen molar-refractivity contribution in [3.8, 4) is 0 Å². The minimum atomic E-state index is -1.81. The minimum absolute atomic E-state index is 0.528. The van der Waals surface area contributed by atoms with Crippen LogP contribution in [0.2, 0.25) is 0 Å². The van der Waals surface area contributed by atoms with E-state index >= 15 is 0 Å². The molecule has 0 aromatic heterocycles. The number of hydrogen-bond donors (Lipinski definition) is 5. The van der Waals surface area contributed by atoms with Crippen LogP contribution in [-0.4, -0.2) is 45.4 Å². The lowest BCUT2D eigenvalue weighted by Gasteiger charge is -2.16. The van der Waals surface area contributed by atoms with Crippen LogP contribution >= 0.6 is 0 Å². The van der Waals surface area contributed by atoms with Gasteiger partial charge in [0.2, 0.25) is 11.8 Å². The number of rotatable bonds is 5. The predicted molar refractivity (Wildman–Crippen MR) is 41.0 cm³/mol. The van der Waals surface area contributed by atoms with E-state index in [1.54, 1.807) is 0 Å². The normalized spacial score (nSPS) is 17.5. The first-order valence-corrected chi connectivity index (χ1v) is 3.49. The molecular weight excluding hydrogens is 180 g/mol. The molecule has 76 valence electrons. The molecule has 2 amide bonds. The molecule has 3 atom stereocenters. The Hall–Kier alpha value is -1.18. The fourth-order valence-electron chi connectivity index (χ4n) is 0.663. The highest BCUT2D eigenvalue weighted by Gasteiger charge is 2.26. The number of hydrogen-bond acceptors (Lipinski definition) is 5. The average molecular weight is 192 g/mol. The van der Waals surface area contributed by atoms with E-state index in [0.717, 1.165) is 0 Å². The molecule has 0 bridgehead atoms. The molecular formula is C6H12N2O5. The van der Waals surface area contributed by atoms with Gasteiger partial charge < -0.3 is 26.8 Å². The van der Waals surface area contributed by atoms with Gasteiger partial charge in [-0.05, 0) is 0 Å². The van der Waals surface area contributed by atoms with E-state index in [4.69, 9.17) is 15.3 Å². The van der Waals surface area contributed by atoms with Gasteiger partial charge in [-0.15, -0.1) is 0 Å². The lowest BCUT2D eigenvalue weighted by Crippen LogP contribution is -2.42. The molecule has 13 heavy (non-hydrogen) atoms. The third-order valence-electron chi connectivity index (χ3n) is 1.45. The van der Waals surface area contributed by atoms with Crippen molar-refractivity contribution in [3.63, 3.8) is 0 Å². The summed E-state index contributed by atoms with van der Waals surface area (Å²) in [6, 6.07) is 0. The Bertz CT molecular complexity index is 207. The van der Waals surface area contributed by atoms with Crippen molar-refractivity contribution in [2.24, 2.45) is 11.5 Å². The van der Waals surface area contributed by atoms with Crippen LogP contribution in [0.1, 0.15) is 6.42 Å². The number of aliphatic hydroxyl groups is 3. The molecule has 0 heterocycles. The third-order valence-corrected chi connectivity index (χ3v) is 1.45. The standard InChI is InChI=1S/C6H12N2O5/c7-5(12)3(10)1-2(9)4(11)6(8)13/h2-4,9-11H,1H2,(H2,7,12)(H2,8,13)/t2-,3+,4+/m1/s1. The van der Waals surface area contributed by atoms with Crippen LogP contribution < -0.4 is 11.5 Å². The van der Waals surface area contributed by atoms with Gasteiger partial charge in [0.05, 0.1) is 6.10 Å². The summed E-state index contributed by atoms with van der Waals surface area (Å²) < 4.78 is 0. The monoisotopic (exact) mass is 192 g/mol. The molecule has 0 aromatic rings. The van der Waals surface area contributed by atoms with Crippen LogP contribution in [0.5, 0.6) is 0 Å². The van der Waals surface area contributed by atoms with Crippen molar-refractivity contribution in [1.82, 2.24) is 0 Å². The van der Waals surface area contributed by atoms with Gasteiger partial charge in [-0.1, -0.05) is 0 Å². The van der Waals surface area contributed by atoms with Crippen molar-refractivity contribution in [2.45, 2.75) is 24.7 Å². The fourth-order valence-corrected chi connectivity index (χ4v) is 0.663. The summed E-state index contributed by atoms with van der Waals surface area (Å²) >= 11 is 0. The van der Waals surface area contributed by atoms with Crippen molar-refractivity contribution >= 4 is 11.8 Å². The van der Waals surface area contributed by atoms with Gasteiger partial charge in [-0.2, -0.15) is 0 Å². The maximum absolute atomic E-state index is 10.3. The third kappa shape index (κ3) is 3.83. The second-order valence-electron chi connectivity index (χ2n) is 2.57. The zero-order chi connectivity index (χ0) is 10.6. The fraction of sp³-hybridized carbons (Fsp3) is 0.667. The highest BCUT2D eigenvalue weighted by molar-refractivity contribution is 5.80. The maximum Gasteiger partial charge on any atom is 0.248 e. The van der Waals surface area contributed by atoms with Crippen LogP contribution in [0.4, 0.5) is 0 Å². The number of aliphatic hydroxyl groups excluding tert-OH is 3. The summed E-state index contributed by atoms with van der Waals surface area (Å²) in [7, 11) is 0. The van der Waals surface area contributed by atoms with E-state index in [2.05, 4.69) is 11.5 Å². The van der Waals surface area contributed by atoms with Crippen LogP contribution in [0.15, 0.2) is 0 Å². The summed E-state index contributed by atoms with van der Waals surface area (Å²) in [6.45, 7) is 0. The molecule has 7 nitrogen and oxygen atoms in total. The van der Waals surface area contributed by atoms with Crippen molar-refractivity contribution in [3.05, 3.63) is 0 Å². The molecule has 7 heteroatoms. The Balaban J connectivity index is 4.06. The lowest BCUT2D eigenvalue weighted by molar-refractivity contribution is -0.136. The number of primary amides is 2. The molecule has 0 aliphatic carbocycles. The predicted octanol–water partition coefficient (Wildman–Crippen LogP) is -3.57. The van der Waals surface area contributed by atoms with Crippen molar-refractivity contribution < 1.29 is 24.9 Å². The summed E-state index contributed by atoms with van der Waals surface area (Å²) in [4.78, 5) is 20.6. The van der Waals surface area contributed by atoms with Gasteiger partial charge in [-0.3, -0.25) is 9.59 Å². The first-order valence-electron chi connectivity index (χ1n) is 3.49. The van der Waals surface area contributed by atoms with Crippen LogP contribution in [-0.2, 0) is 9.59 Å². The molecule has 0 fully saturated rings. The van der Waals surface area contributed by atoms with E-state index in [1.165, 1.54) is 0 Å². The lowest BCUT2D eigenvalue weighted by atomic mass is 10.1. The first kappa shape index (κ1) is 11.8. The SMILES string of the molecule is NC(=O)[C@@H](O)[C@H](O)C[C@H](O)C(N)=O. The molecule has 0 saturated heterocycles. The number of amides is 2. The number of nitrogens with two attached hydrogens (primary N) is 2. The van der Waals surface area contributed by atoms with Gasteiger partial charge in [-0.25, -0.2) is 0 Å². The molecule has 0 spiro atoms. The molecule has 0 saturated carbocycles. The largest absolute Gasteiger partial charge is 0.390 e. The van der Waals surface area contributed by atoms with E-state index in [-0.39, 0.29) is 0 Å². The molecule has 0 aliphatic rings. The second-order valence-corrected chi connectivity index (χ2v) is 2.57. The zero-order valence-corrected chi connectivity index (χ0v) is 6.75. The smallest absolute Gasteiger partial charge is 0.248 e. The van der Waals surface area contributed by atoms with Crippen LogP contribution in [0.3, 0.4) is 0 Å². The van der Waals surface area contributed by atoms with Gasteiger partial charge in [0, 0.05) is 6.42 Å². The molecule has 7 N–H and O–H groups in total. The van der Waals surface area contributed by atoms with Crippen molar-refractivity contribution in [1.29, 1.82) is 0 Å². The highest BCUT2D eigenvalue weighted by atomic mass is 16.3. The van der Waals surface area contributed by atoms with E-state index in [1.807, 2.05) is 0 Å². The summed E-state index contributed by atoms with van der Waals surface area (Å²) in [5.74, 6) is -2.18. The molecule has 0 unspecified atom stereocenters. The van der Waals surface area contributed by atoms with Crippen LogP contribution in [0.25, 0.3) is 0 Å². The molecule has 0 aliphatic heterocycles. The molecule has 0 radical (unpaired) electrons. The topological polar surface area (TPSA) is 147 Å². The first-order chi connectivity index (χ1) is 5.86. The number of carbonyl (C=O) groups excluding carboxylic acids is 2. The molecule has 0 rings (SSSR count). The van der Waals surface area contributed by atoms with Gasteiger partial charge in [0.1, 0.15) is 6.10 Å². The average Bonchev–Trinajstić information content (AvgIpc) is 2.02.